The molecule has 2 rings (SSSR count). The van der Waals surface area contributed by atoms with Crippen LogP contribution in [0.1, 0.15) is 57.8 Å². The molecule has 0 spiro atoms. The van der Waals surface area contributed by atoms with Gasteiger partial charge in [-0.3, -0.25) is 4.79 Å². The fourth-order valence-corrected chi connectivity index (χ4v) is 3.29. The smallest absolute Gasteiger partial charge is 0.246 e. The van der Waals surface area contributed by atoms with Gasteiger partial charge in [-0.25, -0.2) is 0 Å². The monoisotopic (exact) mass is 269 g/mol. The summed E-state index contributed by atoms with van der Waals surface area (Å²) < 4.78 is 5.68. The van der Waals surface area contributed by atoms with Gasteiger partial charge in [0.25, 0.3) is 0 Å². The molecule has 0 aliphatic heterocycles. The minimum atomic E-state index is -0.0177. The highest BCUT2D eigenvalue weighted by Crippen LogP contribution is 2.24. The number of hydrogen-bond acceptors (Lipinski definition) is 3. The van der Waals surface area contributed by atoms with Crippen LogP contribution in [0.2, 0.25) is 0 Å². The van der Waals surface area contributed by atoms with Gasteiger partial charge in [0.1, 0.15) is 6.61 Å². The number of ether oxygens (including phenoxy) is 1. The molecule has 0 heterocycles. The Morgan fingerprint density at radius 3 is 2.47 bits per heavy atom. The van der Waals surface area contributed by atoms with Crippen molar-refractivity contribution in [2.45, 2.75) is 69.9 Å². The van der Waals surface area contributed by atoms with Crippen molar-refractivity contribution in [3.8, 4) is 0 Å². The van der Waals surface area contributed by atoms with Gasteiger partial charge < -0.3 is 15.2 Å². The number of amides is 1. The Morgan fingerprint density at radius 1 is 1.05 bits per heavy atom. The molecule has 2 aliphatic rings. The number of nitrogens with one attached hydrogen (secondary N) is 1. The highest BCUT2D eigenvalue weighted by Gasteiger charge is 2.26. The summed E-state index contributed by atoms with van der Waals surface area (Å²) in [6.07, 6.45) is 10.5. The Labute approximate surface area is 115 Å². The third-order valence-electron chi connectivity index (χ3n) is 4.49. The highest BCUT2D eigenvalue weighted by molar-refractivity contribution is 5.77. The molecule has 2 N–H and O–H groups in total. The summed E-state index contributed by atoms with van der Waals surface area (Å²) >= 11 is 0. The molecule has 2 fully saturated rings. The fourth-order valence-electron chi connectivity index (χ4n) is 3.29. The second kappa shape index (κ2) is 7.85. The maximum Gasteiger partial charge on any atom is 0.246 e. The third kappa shape index (κ3) is 4.77. The zero-order valence-corrected chi connectivity index (χ0v) is 11.8. The largest absolute Gasteiger partial charge is 0.396 e. The first kappa shape index (κ1) is 14.8. The highest BCUT2D eigenvalue weighted by atomic mass is 16.5. The van der Waals surface area contributed by atoms with Crippen LogP contribution in [0.3, 0.4) is 0 Å². The van der Waals surface area contributed by atoms with E-state index in [1.165, 1.54) is 19.3 Å². The number of carbonyl (C=O) groups is 1. The van der Waals surface area contributed by atoms with E-state index in [0.29, 0.717) is 0 Å². The van der Waals surface area contributed by atoms with Gasteiger partial charge in [-0.1, -0.05) is 32.1 Å². The first-order chi connectivity index (χ1) is 9.29. The van der Waals surface area contributed by atoms with Gasteiger partial charge in [0.05, 0.1) is 6.10 Å². The van der Waals surface area contributed by atoms with Crippen molar-refractivity contribution in [3.05, 3.63) is 0 Å². The number of aliphatic hydroxyl groups is 1. The molecule has 1 amide bonds. The number of rotatable bonds is 5. The van der Waals surface area contributed by atoms with E-state index < -0.39 is 0 Å². The lowest BCUT2D eigenvalue weighted by molar-refractivity contribution is -0.129. The lowest BCUT2D eigenvalue weighted by Crippen LogP contribution is -2.45. The van der Waals surface area contributed by atoms with E-state index in [1.54, 1.807) is 0 Å². The molecule has 2 aliphatic carbocycles. The molecule has 2 atom stereocenters. The molecule has 2 unspecified atom stereocenters. The Hall–Kier alpha value is -0.610. The molecule has 0 aromatic rings. The van der Waals surface area contributed by atoms with E-state index in [2.05, 4.69) is 5.32 Å². The Balaban J connectivity index is 1.67. The summed E-state index contributed by atoms with van der Waals surface area (Å²) in [4.78, 5) is 11.9. The molecule has 0 aromatic carbocycles. The van der Waals surface area contributed by atoms with E-state index in [4.69, 9.17) is 4.74 Å². The predicted molar refractivity (Wildman–Crippen MR) is 73.8 cm³/mol. The Bertz CT molecular complexity index is 277. The lowest BCUT2D eigenvalue weighted by atomic mass is 9.85. The van der Waals surface area contributed by atoms with Crippen molar-refractivity contribution in [3.63, 3.8) is 0 Å². The molecule has 2 saturated carbocycles. The van der Waals surface area contributed by atoms with Crippen LogP contribution in [0.25, 0.3) is 0 Å². The minimum absolute atomic E-state index is 0.0177. The molecular formula is C15H27NO3. The van der Waals surface area contributed by atoms with Crippen LogP contribution in [0.4, 0.5) is 0 Å². The standard InChI is InChI=1S/C15H27NO3/c17-10-12-6-4-5-9-14(12)16-15(18)11-19-13-7-2-1-3-8-13/h12-14,17H,1-11H2,(H,16,18). The quantitative estimate of drug-likeness (QED) is 0.802. The van der Waals surface area contributed by atoms with Crippen molar-refractivity contribution in [2.24, 2.45) is 5.92 Å². The van der Waals surface area contributed by atoms with Gasteiger partial charge in [-0.15, -0.1) is 0 Å². The van der Waals surface area contributed by atoms with Gasteiger partial charge in [0.2, 0.25) is 5.91 Å². The van der Waals surface area contributed by atoms with Crippen LogP contribution in [-0.2, 0) is 9.53 Å². The normalized spacial score (nSPS) is 29.1. The zero-order valence-electron chi connectivity index (χ0n) is 11.8. The molecule has 4 heteroatoms. The molecule has 4 nitrogen and oxygen atoms in total. The van der Waals surface area contributed by atoms with Crippen molar-refractivity contribution >= 4 is 5.91 Å². The number of aliphatic hydroxyl groups excluding tert-OH is 1. The third-order valence-corrected chi connectivity index (χ3v) is 4.49. The molecule has 0 radical (unpaired) electrons. The summed E-state index contributed by atoms with van der Waals surface area (Å²) in [6.45, 7) is 0.355. The zero-order chi connectivity index (χ0) is 13.5. The van der Waals surface area contributed by atoms with Crippen LogP contribution >= 0.6 is 0 Å². The average Bonchev–Trinajstić information content (AvgIpc) is 2.47. The van der Waals surface area contributed by atoms with E-state index >= 15 is 0 Å². The second-order valence-electron chi connectivity index (χ2n) is 5.97. The Kier molecular flexibility index (Phi) is 6.11. The van der Waals surface area contributed by atoms with Gasteiger partial charge in [-0.2, -0.15) is 0 Å². The van der Waals surface area contributed by atoms with Crippen LogP contribution in [0.5, 0.6) is 0 Å². The summed E-state index contributed by atoms with van der Waals surface area (Å²) in [7, 11) is 0. The summed E-state index contributed by atoms with van der Waals surface area (Å²) in [5.41, 5.74) is 0. The Morgan fingerprint density at radius 2 is 1.74 bits per heavy atom. The molecule has 0 aromatic heterocycles. The van der Waals surface area contributed by atoms with Gasteiger partial charge in [0.15, 0.2) is 0 Å². The van der Waals surface area contributed by atoms with Crippen molar-refractivity contribution < 1.29 is 14.6 Å². The lowest BCUT2D eigenvalue weighted by Gasteiger charge is -2.31. The van der Waals surface area contributed by atoms with Crippen LogP contribution in [-0.4, -0.2) is 36.4 Å². The van der Waals surface area contributed by atoms with Gasteiger partial charge in [-0.05, 0) is 25.7 Å². The maximum atomic E-state index is 11.9. The summed E-state index contributed by atoms with van der Waals surface area (Å²) in [5.74, 6) is 0.211. The second-order valence-corrected chi connectivity index (χ2v) is 5.97. The minimum Gasteiger partial charge on any atom is -0.396 e. The summed E-state index contributed by atoms with van der Waals surface area (Å²) in [5, 5.41) is 12.4. The molecule has 19 heavy (non-hydrogen) atoms. The van der Waals surface area contributed by atoms with E-state index in [0.717, 1.165) is 38.5 Å². The van der Waals surface area contributed by atoms with Crippen molar-refractivity contribution in [1.82, 2.24) is 5.32 Å². The van der Waals surface area contributed by atoms with E-state index in [-0.39, 0.29) is 37.2 Å². The molecular weight excluding hydrogens is 242 g/mol. The first-order valence-electron chi connectivity index (χ1n) is 7.81. The topological polar surface area (TPSA) is 58.6 Å². The fraction of sp³-hybridized carbons (Fsp3) is 0.933. The van der Waals surface area contributed by atoms with Gasteiger partial charge in [0, 0.05) is 18.6 Å². The van der Waals surface area contributed by atoms with Crippen LogP contribution < -0.4 is 5.32 Å². The van der Waals surface area contributed by atoms with Crippen LogP contribution in [0.15, 0.2) is 0 Å². The average molecular weight is 269 g/mol. The molecule has 110 valence electrons. The van der Waals surface area contributed by atoms with Crippen molar-refractivity contribution in [2.75, 3.05) is 13.2 Å². The molecule has 0 bridgehead atoms. The van der Waals surface area contributed by atoms with E-state index in [1.807, 2.05) is 0 Å². The van der Waals surface area contributed by atoms with E-state index in [9.17, 15) is 9.90 Å². The first-order valence-corrected chi connectivity index (χ1v) is 7.81. The number of hydrogen-bond donors (Lipinski definition) is 2. The maximum absolute atomic E-state index is 11.9. The van der Waals surface area contributed by atoms with Crippen LogP contribution in [0, 0.1) is 5.92 Å². The number of carbonyl (C=O) groups excluding carboxylic acids is 1. The van der Waals surface area contributed by atoms with Gasteiger partial charge >= 0.3 is 0 Å². The SMILES string of the molecule is O=C(COC1CCCCC1)NC1CCCCC1CO. The molecule has 0 saturated heterocycles. The van der Waals surface area contributed by atoms with Crippen molar-refractivity contribution in [1.29, 1.82) is 0 Å². The summed E-state index contributed by atoms with van der Waals surface area (Å²) in [6, 6.07) is 0.140. The predicted octanol–water partition coefficient (Wildman–Crippen LogP) is 2.00.